The van der Waals surface area contributed by atoms with E-state index in [0.29, 0.717) is 5.92 Å². The number of rotatable bonds is 3. The molecule has 0 bridgehead atoms. The molecule has 1 fully saturated rings. The van der Waals surface area contributed by atoms with Crippen molar-refractivity contribution in [2.24, 2.45) is 0 Å². The third-order valence-corrected chi connectivity index (χ3v) is 4.11. The second-order valence-electron chi connectivity index (χ2n) is 5.91. The van der Waals surface area contributed by atoms with Gasteiger partial charge < -0.3 is 0 Å². The number of nitrogens with zero attached hydrogens (tertiary/aromatic N) is 4. The Kier molecular flexibility index (Phi) is 4.25. The van der Waals surface area contributed by atoms with Gasteiger partial charge in [0.25, 0.3) is 0 Å². The Balaban J connectivity index is 1.60. The highest BCUT2D eigenvalue weighted by molar-refractivity contribution is 5.12. The van der Waals surface area contributed by atoms with Crippen LogP contribution >= 0.6 is 0 Å². The van der Waals surface area contributed by atoms with Gasteiger partial charge in [0.15, 0.2) is 0 Å². The second kappa shape index (κ2) is 6.31. The number of likely N-dealkylation sites (tertiary alicyclic amines) is 1. The van der Waals surface area contributed by atoms with E-state index in [-0.39, 0.29) is 0 Å². The highest BCUT2D eigenvalue weighted by Crippen LogP contribution is 2.26. The number of aromatic nitrogens is 3. The van der Waals surface area contributed by atoms with Gasteiger partial charge in [-0.2, -0.15) is 0 Å². The summed E-state index contributed by atoms with van der Waals surface area (Å²) in [7, 11) is 0. The first-order valence-corrected chi connectivity index (χ1v) is 7.64. The van der Waals surface area contributed by atoms with E-state index < -0.39 is 0 Å². The van der Waals surface area contributed by atoms with Gasteiger partial charge in [-0.05, 0) is 63.5 Å². The van der Waals surface area contributed by atoms with Gasteiger partial charge in [0.1, 0.15) is 5.82 Å². The molecule has 2 aromatic heterocycles. The average Bonchev–Trinajstić information content (AvgIpc) is 2.48. The Morgan fingerprint density at radius 3 is 2.29 bits per heavy atom. The van der Waals surface area contributed by atoms with E-state index in [1.165, 1.54) is 5.56 Å². The lowest BCUT2D eigenvalue weighted by atomic mass is 9.95. The molecule has 3 heterocycles. The molecule has 21 heavy (non-hydrogen) atoms. The summed E-state index contributed by atoms with van der Waals surface area (Å²) in [5.74, 6) is 1.55. The van der Waals surface area contributed by atoms with Crippen LogP contribution < -0.4 is 0 Å². The highest BCUT2D eigenvalue weighted by atomic mass is 15.1. The second-order valence-corrected chi connectivity index (χ2v) is 5.91. The monoisotopic (exact) mass is 282 g/mol. The molecular formula is C17H22N4. The summed E-state index contributed by atoms with van der Waals surface area (Å²) in [6.45, 7) is 7.35. The fraction of sp³-hybridized carbons (Fsp3) is 0.471. The van der Waals surface area contributed by atoms with Crippen LogP contribution in [0.2, 0.25) is 0 Å². The number of pyridine rings is 1. The first-order chi connectivity index (χ1) is 10.2. The van der Waals surface area contributed by atoms with E-state index in [1.807, 2.05) is 18.5 Å². The van der Waals surface area contributed by atoms with E-state index in [0.717, 1.165) is 49.7 Å². The Morgan fingerprint density at radius 2 is 1.67 bits per heavy atom. The maximum atomic E-state index is 4.63. The first kappa shape index (κ1) is 14.1. The van der Waals surface area contributed by atoms with Gasteiger partial charge in [-0.3, -0.25) is 9.88 Å². The van der Waals surface area contributed by atoms with Crippen molar-refractivity contribution in [3.05, 3.63) is 53.4 Å². The average molecular weight is 282 g/mol. The van der Waals surface area contributed by atoms with Gasteiger partial charge in [0.2, 0.25) is 0 Å². The predicted molar refractivity (Wildman–Crippen MR) is 83.0 cm³/mol. The third-order valence-electron chi connectivity index (χ3n) is 4.11. The summed E-state index contributed by atoms with van der Waals surface area (Å²) in [4.78, 5) is 15.8. The zero-order valence-corrected chi connectivity index (χ0v) is 12.8. The van der Waals surface area contributed by atoms with Crippen LogP contribution in [0, 0.1) is 13.8 Å². The summed E-state index contributed by atoms with van der Waals surface area (Å²) in [6.07, 6.45) is 6.03. The van der Waals surface area contributed by atoms with Crippen LogP contribution in [0.3, 0.4) is 0 Å². The summed E-state index contributed by atoms with van der Waals surface area (Å²) >= 11 is 0. The van der Waals surface area contributed by atoms with Crippen LogP contribution in [-0.2, 0) is 6.54 Å². The molecule has 0 unspecified atom stereocenters. The molecule has 0 saturated carbocycles. The zero-order valence-electron chi connectivity index (χ0n) is 12.8. The molecule has 0 radical (unpaired) electrons. The van der Waals surface area contributed by atoms with Gasteiger partial charge in [-0.25, -0.2) is 9.97 Å². The van der Waals surface area contributed by atoms with Crippen LogP contribution in [0.15, 0.2) is 30.6 Å². The molecule has 0 atom stereocenters. The summed E-state index contributed by atoms with van der Waals surface area (Å²) in [5.41, 5.74) is 3.50. The van der Waals surface area contributed by atoms with Crippen LogP contribution in [0.5, 0.6) is 0 Å². The number of hydrogen-bond donors (Lipinski definition) is 0. The molecule has 3 rings (SSSR count). The molecule has 0 spiro atoms. The summed E-state index contributed by atoms with van der Waals surface area (Å²) < 4.78 is 0. The van der Waals surface area contributed by atoms with Crippen molar-refractivity contribution >= 4 is 0 Å². The van der Waals surface area contributed by atoms with Crippen molar-refractivity contribution in [2.45, 2.75) is 39.2 Å². The molecule has 0 aromatic carbocycles. The number of aryl methyl sites for hydroxylation is 2. The van der Waals surface area contributed by atoms with E-state index in [1.54, 1.807) is 0 Å². The Morgan fingerprint density at radius 1 is 1.05 bits per heavy atom. The molecule has 0 N–H and O–H groups in total. The van der Waals surface area contributed by atoms with Crippen LogP contribution in [-0.4, -0.2) is 32.9 Å². The van der Waals surface area contributed by atoms with Gasteiger partial charge >= 0.3 is 0 Å². The van der Waals surface area contributed by atoms with Gasteiger partial charge in [0, 0.05) is 36.2 Å². The summed E-state index contributed by atoms with van der Waals surface area (Å²) in [6, 6.07) is 6.24. The lowest BCUT2D eigenvalue weighted by Gasteiger charge is -2.31. The standard InChI is InChI=1S/C17H22N4/c1-13-11-14(2)20-17(19-13)16-5-9-21(10-6-16)12-15-3-7-18-8-4-15/h3-4,7-8,11,16H,5-6,9-10,12H2,1-2H3. The van der Waals surface area contributed by atoms with Crippen molar-refractivity contribution in [1.82, 2.24) is 19.9 Å². The molecule has 1 aliphatic rings. The maximum absolute atomic E-state index is 4.63. The lowest BCUT2D eigenvalue weighted by molar-refractivity contribution is 0.201. The Bertz CT molecular complexity index is 569. The Hall–Kier alpha value is -1.81. The highest BCUT2D eigenvalue weighted by Gasteiger charge is 2.22. The quantitative estimate of drug-likeness (QED) is 0.868. The van der Waals surface area contributed by atoms with Crippen LogP contribution in [0.1, 0.15) is 41.5 Å². The van der Waals surface area contributed by atoms with E-state index in [4.69, 9.17) is 0 Å². The molecule has 4 nitrogen and oxygen atoms in total. The largest absolute Gasteiger partial charge is 0.299 e. The van der Waals surface area contributed by atoms with Crippen molar-refractivity contribution < 1.29 is 0 Å². The van der Waals surface area contributed by atoms with E-state index >= 15 is 0 Å². The molecule has 0 aliphatic carbocycles. The van der Waals surface area contributed by atoms with Crippen LogP contribution in [0.4, 0.5) is 0 Å². The van der Waals surface area contributed by atoms with Crippen molar-refractivity contribution in [1.29, 1.82) is 0 Å². The normalized spacial score (nSPS) is 17.0. The molecule has 0 amide bonds. The summed E-state index contributed by atoms with van der Waals surface area (Å²) in [5, 5.41) is 0. The maximum Gasteiger partial charge on any atom is 0.132 e. The first-order valence-electron chi connectivity index (χ1n) is 7.64. The molecule has 1 aliphatic heterocycles. The van der Waals surface area contributed by atoms with Crippen LogP contribution in [0.25, 0.3) is 0 Å². The molecular weight excluding hydrogens is 260 g/mol. The third kappa shape index (κ3) is 3.64. The molecule has 4 heteroatoms. The van der Waals surface area contributed by atoms with Crippen molar-refractivity contribution in [3.8, 4) is 0 Å². The molecule has 110 valence electrons. The molecule has 2 aromatic rings. The molecule has 1 saturated heterocycles. The lowest BCUT2D eigenvalue weighted by Crippen LogP contribution is -2.33. The Labute approximate surface area is 126 Å². The topological polar surface area (TPSA) is 41.9 Å². The van der Waals surface area contributed by atoms with Crippen molar-refractivity contribution in [2.75, 3.05) is 13.1 Å². The smallest absolute Gasteiger partial charge is 0.132 e. The number of hydrogen-bond acceptors (Lipinski definition) is 4. The zero-order chi connectivity index (χ0) is 14.7. The van der Waals surface area contributed by atoms with E-state index in [9.17, 15) is 0 Å². The van der Waals surface area contributed by atoms with Gasteiger partial charge in [-0.1, -0.05) is 0 Å². The minimum atomic E-state index is 0.511. The number of piperidine rings is 1. The van der Waals surface area contributed by atoms with Gasteiger partial charge in [-0.15, -0.1) is 0 Å². The van der Waals surface area contributed by atoms with E-state index in [2.05, 4.69) is 45.8 Å². The SMILES string of the molecule is Cc1cc(C)nc(C2CCN(Cc3ccncc3)CC2)n1. The minimum absolute atomic E-state index is 0.511. The van der Waals surface area contributed by atoms with Gasteiger partial charge in [0.05, 0.1) is 0 Å². The fourth-order valence-corrected chi connectivity index (χ4v) is 3.03. The van der Waals surface area contributed by atoms with Crippen molar-refractivity contribution in [3.63, 3.8) is 0 Å². The fourth-order valence-electron chi connectivity index (χ4n) is 3.03. The predicted octanol–water partition coefficient (Wildman–Crippen LogP) is 2.87. The minimum Gasteiger partial charge on any atom is -0.299 e.